The predicted octanol–water partition coefficient (Wildman–Crippen LogP) is 3.60. The minimum Gasteiger partial charge on any atom is -0.492 e. The molecule has 0 N–H and O–H groups in total. The number of rotatable bonds is 5. The summed E-state index contributed by atoms with van der Waals surface area (Å²) in [7, 11) is 3.97. The average molecular weight is 410 g/mol. The first kappa shape index (κ1) is 20.3. The summed E-state index contributed by atoms with van der Waals surface area (Å²) in [5.74, 6) is 0.105. The SMILES string of the molecule is CCN(CCN(C)C)C(=O)N1N=C2c3cc(F)ccc3OC[C@@H]2[C@H]1c1ccccc1. The van der Waals surface area contributed by atoms with E-state index in [1.165, 1.54) is 12.1 Å². The van der Waals surface area contributed by atoms with E-state index in [1.807, 2.05) is 56.3 Å². The van der Waals surface area contributed by atoms with E-state index in [0.717, 1.165) is 12.1 Å². The lowest BCUT2D eigenvalue weighted by molar-refractivity contribution is 0.125. The summed E-state index contributed by atoms with van der Waals surface area (Å²) in [5, 5.41) is 6.31. The molecule has 0 aromatic heterocycles. The average Bonchev–Trinajstić information content (AvgIpc) is 3.14. The van der Waals surface area contributed by atoms with Crippen LogP contribution in [0.5, 0.6) is 5.75 Å². The van der Waals surface area contributed by atoms with Crippen LogP contribution < -0.4 is 4.74 Å². The van der Waals surface area contributed by atoms with Gasteiger partial charge in [-0.1, -0.05) is 30.3 Å². The van der Waals surface area contributed by atoms with Gasteiger partial charge >= 0.3 is 6.03 Å². The van der Waals surface area contributed by atoms with E-state index in [9.17, 15) is 9.18 Å². The monoisotopic (exact) mass is 410 g/mol. The third-order valence-corrected chi connectivity index (χ3v) is 5.65. The first-order valence-electron chi connectivity index (χ1n) is 10.3. The summed E-state index contributed by atoms with van der Waals surface area (Å²) in [6, 6.07) is 13.9. The van der Waals surface area contributed by atoms with Crippen molar-refractivity contribution in [3.05, 3.63) is 65.5 Å². The number of likely N-dealkylation sites (N-methyl/N-ethyl adjacent to an activating group) is 2. The van der Waals surface area contributed by atoms with Crippen LogP contribution in [0.3, 0.4) is 0 Å². The molecule has 30 heavy (non-hydrogen) atoms. The standard InChI is InChI=1S/C23H27FN4O2/c1-4-27(13-12-26(2)3)23(29)28-22(16-8-6-5-7-9-16)19-15-30-20-11-10-17(24)14-18(20)21(19)25-28/h5-11,14,19,22H,4,12-13,15H2,1-3H3/t19-,22+/m0/s1. The lowest BCUT2D eigenvalue weighted by Gasteiger charge is -2.32. The number of hydrogen-bond acceptors (Lipinski definition) is 4. The van der Waals surface area contributed by atoms with Gasteiger partial charge in [-0.25, -0.2) is 14.2 Å². The Balaban J connectivity index is 1.73. The number of urea groups is 1. The van der Waals surface area contributed by atoms with Gasteiger partial charge in [-0.15, -0.1) is 0 Å². The molecule has 2 aliphatic rings. The van der Waals surface area contributed by atoms with Crippen molar-refractivity contribution >= 4 is 11.7 Å². The summed E-state index contributed by atoms with van der Waals surface area (Å²) in [6.07, 6.45) is 0. The molecule has 0 fully saturated rings. The van der Waals surface area contributed by atoms with Gasteiger partial charge in [0.15, 0.2) is 0 Å². The lowest BCUT2D eigenvalue weighted by Crippen LogP contribution is -2.44. The number of benzene rings is 2. The lowest BCUT2D eigenvalue weighted by atomic mass is 9.86. The van der Waals surface area contributed by atoms with E-state index in [2.05, 4.69) is 0 Å². The fourth-order valence-corrected chi connectivity index (χ4v) is 4.04. The minimum atomic E-state index is -0.345. The van der Waals surface area contributed by atoms with Gasteiger partial charge in [0, 0.05) is 25.2 Å². The van der Waals surface area contributed by atoms with E-state index in [4.69, 9.17) is 9.84 Å². The van der Waals surface area contributed by atoms with Crippen LogP contribution in [0.15, 0.2) is 53.6 Å². The molecule has 0 bridgehead atoms. The maximum atomic E-state index is 14.0. The van der Waals surface area contributed by atoms with Crippen LogP contribution in [0.2, 0.25) is 0 Å². The van der Waals surface area contributed by atoms with Crippen LogP contribution in [0.4, 0.5) is 9.18 Å². The van der Waals surface area contributed by atoms with Gasteiger partial charge in [0.2, 0.25) is 0 Å². The van der Waals surface area contributed by atoms with Crippen molar-refractivity contribution in [2.45, 2.75) is 13.0 Å². The van der Waals surface area contributed by atoms with Crippen molar-refractivity contribution in [2.75, 3.05) is 40.3 Å². The fourth-order valence-electron chi connectivity index (χ4n) is 4.04. The quantitative estimate of drug-likeness (QED) is 0.757. The third kappa shape index (κ3) is 3.77. The molecule has 6 nitrogen and oxygen atoms in total. The van der Waals surface area contributed by atoms with Gasteiger partial charge in [0.1, 0.15) is 11.6 Å². The normalized spacial score (nSPS) is 19.8. The number of ether oxygens (including phenoxy) is 1. The number of halogens is 1. The van der Waals surface area contributed by atoms with Gasteiger partial charge in [0.05, 0.1) is 24.3 Å². The molecule has 2 aliphatic heterocycles. The van der Waals surface area contributed by atoms with Gasteiger partial charge in [-0.2, -0.15) is 5.10 Å². The molecule has 2 aromatic rings. The highest BCUT2D eigenvalue weighted by Gasteiger charge is 2.46. The van der Waals surface area contributed by atoms with Crippen LogP contribution in [-0.4, -0.2) is 66.9 Å². The highest BCUT2D eigenvalue weighted by Crippen LogP contribution is 2.43. The Bertz CT molecular complexity index is 947. The summed E-state index contributed by atoms with van der Waals surface area (Å²) in [6.45, 7) is 4.32. The molecule has 158 valence electrons. The number of nitrogens with zero attached hydrogens (tertiary/aromatic N) is 4. The molecular weight excluding hydrogens is 383 g/mol. The summed E-state index contributed by atoms with van der Waals surface area (Å²) in [5.41, 5.74) is 2.32. The second-order valence-corrected chi connectivity index (χ2v) is 7.91. The van der Waals surface area contributed by atoms with Crippen LogP contribution in [0.1, 0.15) is 24.1 Å². The summed E-state index contributed by atoms with van der Waals surface area (Å²) >= 11 is 0. The number of carbonyl (C=O) groups excluding carboxylic acids is 1. The van der Waals surface area contributed by atoms with E-state index in [-0.39, 0.29) is 23.8 Å². The molecule has 2 atom stereocenters. The van der Waals surface area contributed by atoms with Crippen molar-refractivity contribution in [1.29, 1.82) is 0 Å². The Morgan fingerprint density at radius 1 is 1.20 bits per heavy atom. The predicted molar refractivity (Wildman–Crippen MR) is 114 cm³/mol. The van der Waals surface area contributed by atoms with E-state index in [1.54, 1.807) is 16.0 Å². The highest BCUT2D eigenvalue weighted by atomic mass is 19.1. The molecule has 0 spiro atoms. The van der Waals surface area contributed by atoms with Crippen LogP contribution >= 0.6 is 0 Å². The molecular formula is C23H27FN4O2. The maximum absolute atomic E-state index is 14.0. The zero-order chi connectivity index (χ0) is 21.3. The van der Waals surface area contributed by atoms with Gasteiger partial charge in [-0.3, -0.25) is 0 Å². The van der Waals surface area contributed by atoms with Crippen molar-refractivity contribution in [3.8, 4) is 5.75 Å². The molecule has 7 heteroatoms. The van der Waals surface area contributed by atoms with E-state index < -0.39 is 0 Å². The van der Waals surface area contributed by atoms with Crippen LogP contribution in [-0.2, 0) is 0 Å². The molecule has 0 radical (unpaired) electrons. The van der Waals surface area contributed by atoms with Crippen LogP contribution in [0, 0.1) is 11.7 Å². The second kappa shape index (κ2) is 8.44. The topological polar surface area (TPSA) is 48.4 Å². The number of carbonyl (C=O) groups is 1. The number of amides is 2. The molecule has 2 heterocycles. The van der Waals surface area contributed by atoms with Gasteiger partial charge in [-0.05, 0) is 44.8 Å². The molecule has 0 saturated carbocycles. The summed E-state index contributed by atoms with van der Waals surface area (Å²) in [4.78, 5) is 17.4. The molecule has 0 unspecified atom stereocenters. The molecule has 2 aromatic carbocycles. The molecule has 4 rings (SSSR count). The first-order chi connectivity index (χ1) is 14.5. The Labute approximate surface area is 176 Å². The largest absolute Gasteiger partial charge is 0.492 e. The Kier molecular flexibility index (Phi) is 5.72. The highest BCUT2D eigenvalue weighted by molar-refractivity contribution is 6.07. The van der Waals surface area contributed by atoms with Crippen molar-refractivity contribution in [3.63, 3.8) is 0 Å². The second-order valence-electron chi connectivity index (χ2n) is 7.91. The maximum Gasteiger partial charge on any atom is 0.341 e. The number of hydrazone groups is 1. The van der Waals surface area contributed by atoms with Crippen molar-refractivity contribution in [1.82, 2.24) is 14.8 Å². The first-order valence-corrected chi connectivity index (χ1v) is 10.3. The Morgan fingerprint density at radius 2 is 1.97 bits per heavy atom. The smallest absolute Gasteiger partial charge is 0.341 e. The number of fused-ring (bicyclic) bond motifs is 3. The fraction of sp³-hybridized carbons (Fsp3) is 0.391. The minimum absolute atomic E-state index is 0.145. The van der Waals surface area contributed by atoms with Gasteiger partial charge < -0.3 is 14.5 Å². The Morgan fingerprint density at radius 3 is 2.67 bits per heavy atom. The van der Waals surface area contributed by atoms with E-state index in [0.29, 0.717) is 36.7 Å². The molecule has 0 saturated heterocycles. The third-order valence-electron chi connectivity index (χ3n) is 5.65. The van der Waals surface area contributed by atoms with Crippen molar-refractivity contribution in [2.24, 2.45) is 11.0 Å². The van der Waals surface area contributed by atoms with Gasteiger partial charge in [0.25, 0.3) is 0 Å². The zero-order valence-electron chi connectivity index (χ0n) is 17.6. The Hall–Kier alpha value is -2.93. The molecule has 0 aliphatic carbocycles. The molecule has 2 amide bonds. The number of hydrogen-bond donors (Lipinski definition) is 0. The summed E-state index contributed by atoms with van der Waals surface area (Å²) < 4.78 is 19.9. The zero-order valence-corrected chi connectivity index (χ0v) is 17.6. The van der Waals surface area contributed by atoms with Crippen LogP contribution in [0.25, 0.3) is 0 Å². The van der Waals surface area contributed by atoms with E-state index >= 15 is 0 Å². The van der Waals surface area contributed by atoms with Crippen molar-refractivity contribution < 1.29 is 13.9 Å².